The number of rotatable bonds is 4. The number of hydrogen-bond donors (Lipinski definition) is 1. The normalized spacial score (nSPS) is 21.0. The maximum Gasteiger partial charge on any atom is 0.224 e. The van der Waals surface area contributed by atoms with Crippen molar-refractivity contribution in [2.75, 3.05) is 20.1 Å². The van der Waals surface area contributed by atoms with E-state index >= 15 is 0 Å². The van der Waals surface area contributed by atoms with E-state index in [1.807, 2.05) is 44.0 Å². The first-order valence-electron chi connectivity index (χ1n) is 8.49. The lowest BCUT2D eigenvalue weighted by atomic mass is 9.90. The minimum Gasteiger partial charge on any atom is -0.359 e. The molecule has 3 aromatic rings. The van der Waals surface area contributed by atoms with Gasteiger partial charge < -0.3 is 9.72 Å². The van der Waals surface area contributed by atoms with Crippen LogP contribution in [0.5, 0.6) is 0 Å². The number of amides is 1. The number of nitrogens with one attached hydrogen (secondary N) is 1. The first-order chi connectivity index (χ1) is 12.2. The van der Waals surface area contributed by atoms with Crippen molar-refractivity contribution < 1.29 is 4.79 Å². The predicted octanol–water partition coefficient (Wildman–Crippen LogP) is 1.03. The molecule has 0 spiro atoms. The molecule has 0 saturated carbocycles. The largest absolute Gasteiger partial charge is 0.359 e. The van der Waals surface area contributed by atoms with Crippen LogP contribution < -0.4 is 5.32 Å². The van der Waals surface area contributed by atoms with E-state index < -0.39 is 0 Å². The van der Waals surface area contributed by atoms with E-state index in [0.29, 0.717) is 0 Å². The molecule has 3 aromatic heterocycles. The Hall–Kier alpha value is -2.67. The smallest absolute Gasteiger partial charge is 0.224 e. The summed E-state index contributed by atoms with van der Waals surface area (Å²) in [7, 11) is 3.61. The van der Waals surface area contributed by atoms with Gasteiger partial charge in [-0.2, -0.15) is 5.10 Å². The van der Waals surface area contributed by atoms with Crippen LogP contribution in [0.3, 0.4) is 0 Å². The molecule has 1 amide bonds. The van der Waals surface area contributed by atoms with Gasteiger partial charge in [-0.25, -0.2) is 4.98 Å². The summed E-state index contributed by atoms with van der Waals surface area (Å²) in [5.41, 5.74) is 3.25. The molecule has 0 aliphatic carbocycles. The lowest BCUT2D eigenvalue weighted by molar-refractivity contribution is -0.124. The summed E-state index contributed by atoms with van der Waals surface area (Å²) in [5.74, 6) is 0.198. The first kappa shape index (κ1) is 15.8. The molecule has 7 heteroatoms. The number of aromatic nitrogens is 4. The zero-order chi connectivity index (χ0) is 17.4. The van der Waals surface area contributed by atoms with Crippen molar-refractivity contribution in [3.05, 3.63) is 54.2 Å². The molecule has 0 radical (unpaired) electrons. The zero-order valence-electron chi connectivity index (χ0n) is 14.5. The summed E-state index contributed by atoms with van der Waals surface area (Å²) in [6.45, 7) is 2.37. The van der Waals surface area contributed by atoms with Crippen molar-refractivity contribution in [1.82, 2.24) is 29.4 Å². The van der Waals surface area contributed by atoms with E-state index in [1.165, 1.54) is 5.69 Å². The molecule has 1 aliphatic rings. The molecule has 4 heterocycles. The molecule has 1 saturated heterocycles. The number of nitrogens with zero attached hydrogens (tertiary/aromatic N) is 5. The molecule has 4 rings (SSSR count). The van der Waals surface area contributed by atoms with E-state index in [9.17, 15) is 4.79 Å². The molecule has 7 nitrogen and oxygen atoms in total. The van der Waals surface area contributed by atoms with Gasteiger partial charge in [0.2, 0.25) is 5.91 Å². The van der Waals surface area contributed by atoms with Crippen LogP contribution in [-0.4, -0.2) is 50.1 Å². The highest BCUT2D eigenvalue weighted by Crippen LogP contribution is 2.33. The lowest BCUT2D eigenvalue weighted by Crippen LogP contribution is -2.32. The average molecular weight is 338 g/mol. The fourth-order valence-corrected chi connectivity index (χ4v) is 3.80. The summed E-state index contributed by atoms with van der Waals surface area (Å²) < 4.78 is 3.90. The number of hydrogen-bond acceptors (Lipinski definition) is 4. The molecule has 0 aromatic carbocycles. The van der Waals surface area contributed by atoms with Gasteiger partial charge in [-0.15, -0.1) is 0 Å². The van der Waals surface area contributed by atoms with Crippen LogP contribution in [0.2, 0.25) is 0 Å². The van der Waals surface area contributed by atoms with Crippen molar-refractivity contribution in [2.45, 2.75) is 12.5 Å². The van der Waals surface area contributed by atoms with Gasteiger partial charge in [-0.3, -0.25) is 14.4 Å². The van der Waals surface area contributed by atoms with Gasteiger partial charge in [0.25, 0.3) is 0 Å². The average Bonchev–Trinajstić information content (AvgIpc) is 3.33. The van der Waals surface area contributed by atoms with E-state index in [2.05, 4.69) is 30.8 Å². The Morgan fingerprint density at radius 3 is 3.00 bits per heavy atom. The van der Waals surface area contributed by atoms with Gasteiger partial charge in [0, 0.05) is 63.9 Å². The van der Waals surface area contributed by atoms with Crippen LogP contribution in [0.15, 0.2) is 43.0 Å². The summed E-state index contributed by atoms with van der Waals surface area (Å²) in [5, 5.41) is 7.09. The van der Waals surface area contributed by atoms with Crippen LogP contribution in [0.1, 0.15) is 17.2 Å². The quantitative estimate of drug-likeness (QED) is 0.772. The number of carbonyl (C=O) groups excluding carboxylic acids is 1. The Morgan fingerprint density at radius 1 is 1.36 bits per heavy atom. The third-order valence-corrected chi connectivity index (χ3v) is 5.03. The SMILES string of the molecule is CNC(=O)[C@H]1CN(Cc2cccc3nccn23)C[C@@H]1c1cnn(C)c1. The second-order valence-corrected chi connectivity index (χ2v) is 6.64. The maximum absolute atomic E-state index is 12.4. The third kappa shape index (κ3) is 2.91. The van der Waals surface area contributed by atoms with Crippen LogP contribution in [0.4, 0.5) is 0 Å². The summed E-state index contributed by atoms with van der Waals surface area (Å²) in [6.07, 6.45) is 7.69. The Morgan fingerprint density at radius 2 is 2.24 bits per heavy atom. The van der Waals surface area contributed by atoms with Gasteiger partial charge in [-0.1, -0.05) is 6.07 Å². The molecule has 1 aliphatic heterocycles. The number of aryl methyl sites for hydroxylation is 1. The third-order valence-electron chi connectivity index (χ3n) is 5.03. The molecule has 25 heavy (non-hydrogen) atoms. The van der Waals surface area contributed by atoms with Crippen molar-refractivity contribution >= 4 is 11.6 Å². The van der Waals surface area contributed by atoms with Gasteiger partial charge >= 0.3 is 0 Å². The molecular weight excluding hydrogens is 316 g/mol. The van der Waals surface area contributed by atoms with E-state index in [1.54, 1.807) is 11.7 Å². The first-order valence-corrected chi connectivity index (χ1v) is 8.49. The molecule has 130 valence electrons. The fourth-order valence-electron chi connectivity index (χ4n) is 3.80. The number of pyridine rings is 1. The minimum absolute atomic E-state index is 0.0591. The Bertz CT molecular complexity index is 898. The van der Waals surface area contributed by atoms with Gasteiger partial charge in [0.15, 0.2) is 0 Å². The Labute approximate surface area is 146 Å². The summed E-state index contributed by atoms with van der Waals surface area (Å²) in [4.78, 5) is 19.1. The summed E-state index contributed by atoms with van der Waals surface area (Å²) in [6, 6.07) is 6.14. The molecular formula is C18H22N6O. The molecule has 1 N–H and O–H groups in total. The number of fused-ring (bicyclic) bond motifs is 1. The van der Waals surface area contributed by atoms with Crippen molar-refractivity contribution in [2.24, 2.45) is 13.0 Å². The zero-order valence-corrected chi connectivity index (χ0v) is 14.5. The van der Waals surface area contributed by atoms with E-state index in [-0.39, 0.29) is 17.7 Å². The Balaban J connectivity index is 1.59. The second-order valence-electron chi connectivity index (χ2n) is 6.64. The predicted molar refractivity (Wildman–Crippen MR) is 94.0 cm³/mol. The fraction of sp³-hybridized carbons (Fsp3) is 0.389. The van der Waals surface area contributed by atoms with Gasteiger partial charge in [-0.05, 0) is 17.7 Å². The highest BCUT2D eigenvalue weighted by molar-refractivity contribution is 5.80. The monoisotopic (exact) mass is 338 g/mol. The number of carbonyl (C=O) groups is 1. The maximum atomic E-state index is 12.4. The van der Waals surface area contributed by atoms with Crippen LogP contribution in [0.25, 0.3) is 5.65 Å². The van der Waals surface area contributed by atoms with Crippen molar-refractivity contribution in [3.8, 4) is 0 Å². The molecule has 0 unspecified atom stereocenters. The number of imidazole rings is 1. The minimum atomic E-state index is -0.0591. The van der Waals surface area contributed by atoms with E-state index in [0.717, 1.165) is 30.8 Å². The summed E-state index contributed by atoms with van der Waals surface area (Å²) >= 11 is 0. The van der Waals surface area contributed by atoms with Crippen LogP contribution >= 0.6 is 0 Å². The van der Waals surface area contributed by atoms with Gasteiger partial charge in [0.1, 0.15) is 5.65 Å². The second kappa shape index (κ2) is 6.33. The number of likely N-dealkylation sites (tertiary alicyclic amines) is 1. The van der Waals surface area contributed by atoms with Crippen molar-refractivity contribution in [3.63, 3.8) is 0 Å². The van der Waals surface area contributed by atoms with Gasteiger partial charge in [0.05, 0.1) is 12.1 Å². The molecule has 0 bridgehead atoms. The Kier molecular flexibility index (Phi) is 4.01. The van der Waals surface area contributed by atoms with E-state index in [4.69, 9.17) is 0 Å². The molecule has 2 atom stereocenters. The standard InChI is InChI=1S/C18H22N6O/c1-19-18(25)16-12-23(11-15(16)13-8-21-22(2)9-13)10-14-4-3-5-17-20-6-7-24(14)17/h3-9,15-16H,10-12H2,1-2H3,(H,19,25)/t15-,16+/m1/s1. The topological polar surface area (TPSA) is 67.5 Å². The van der Waals surface area contributed by atoms with Crippen LogP contribution in [0, 0.1) is 5.92 Å². The highest BCUT2D eigenvalue weighted by atomic mass is 16.1. The molecule has 1 fully saturated rings. The lowest BCUT2D eigenvalue weighted by Gasteiger charge is -2.16. The van der Waals surface area contributed by atoms with Crippen LogP contribution in [-0.2, 0) is 18.4 Å². The van der Waals surface area contributed by atoms with Crippen molar-refractivity contribution in [1.29, 1.82) is 0 Å². The highest BCUT2D eigenvalue weighted by Gasteiger charge is 2.38.